The van der Waals surface area contributed by atoms with Gasteiger partial charge in [0, 0.05) is 6.08 Å². The Morgan fingerprint density at radius 3 is 2.38 bits per heavy atom. The van der Waals surface area contributed by atoms with E-state index >= 15 is 0 Å². The van der Waals surface area contributed by atoms with Gasteiger partial charge in [0.15, 0.2) is 0 Å². The maximum atomic E-state index is 12.1. The number of allylic oxidation sites excluding steroid dienone is 1. The SMILES string of the molecule is CCCCOC(=O)C=C[C@H]1[C@@H](C(=O)OC(C)(C)C)C1(C)C. The molecular weight excluding hydrogens is 268 g/mol. The first-order valence-corrected chi connectivity index (χ1v) is 7.67. The second-order valence-corrected chi connectivity index (χ2v) is 7.24. The summed E-state index contributed by atoms with van der Waals surface area (Å²) in [6.45, 7) is 12.1. The molecular formula is C17H28O4. The molecule has 21 heavy (non-hydrogen) atoms. The minimum Gasteiger partial charge on any atom is -0.463 e. The number of hydrogen-bond acceptors (Lipinski definition) is 4. The van der Waals surface area contributed by atoms with E-state index < -0.39 is 5.60 Å². The highest BCUT2D eigenvalue weighted by atomic mass is 16.6. The Morgan fingerprint density at radius 2 is 1.86 bits per heavy atom. The van der Waals surface area contributed by atoms with Gasteiger partial charge >= 0.3 is 11.9 Å². The molecule has 120 valence electrons. The molecule has 0 heterocycles. The van der Waals surface area contributed by atoms with Crippen molar-refractivity contribution < 1.29 is 19.1 Å². The molecule has 1 saturated carbocycles. The third-order valence-corrected chi connectivity index (χ3v) is 3.75. The number of carbonyl (C=O) groups is 2. The molecule has 0 aromatic heterocycles. The van der Waals surface area contributed by atoms with Gasteiger partial charge in [-0.1, -0.05) is 33.3 Å². The summed E-state index contributed by atoms with van der Waals surface area (Å²) in [5, 5.41) is 0. The van der Waals surface area contributed by atoms with Crippen LogP contribution in [0.4, 0.5) is 0 Å². The molecule has 4 nitrogen and oxygen atoms in total. The molecule has 2 atom stereocenters. The van der Waals surface area contributed by atoms with Crippen molar-refractivity contribution in [3.8, 4) is 0 Å². The minimum atomic E-state index is -0.483. The fraction of sp³-hybridized carbons (Fsp3) is 0.765. The maximum Gasteiger partial charge on any atom is 0.330 e. The van der Waals surface area contributed by atoms with Gasteiger partial charge in [-0.3, -0.25) is 4.79 Å². The maximum absolute atomic E-state index is 12.1. The van der Waals surface area contributed by atoms with Crippen LogP contribution >= 0.6 is 0 Å². The van der Waals surface area contributed by atoms with Crippen LogP contribution in [0.1, 0.15) is 54.4 Å². The minimum absolute atomic E-state index is 0.0334. The normalized spacial score (nSPS) is 23.9. The third kappa shape index (κ3) is 5.18. The molecule has 0 amide bonds. The Labute approximate surface area is 127 Å². The second kappa shape index (κ2) is 6.63. The Balaban J connectivity index is 2.53. The van der Waals surface area contributed by atoms with E-state index in [0.717, 1.165) is 12.8 Å². The van der Waals surface area contributed by atoms with Gasteiger partial charge in [-0.05, 0) is 38.5 Å². The van der Waals surface area contributed by atoms with Crippen molar-refractivity contribution >= 4 is 11.9 Å². The molecule has 1 aliphatic rings. The average Bonchev–Trinajstić information content (AvgIpc) is 2.86. The van der Waals surface area contributed by atoms with Gasteiger partial charge in [0.05, 0.1) is 12.5 Å². The van der Waals surface area contributed by atoms with Crippen LogP contribution in [0.5, 0.6) is 0 Å². The predicted octanol–water partition coefficient (Wildman–Crippen LogP) is 3.50. The zero-order valence-electron chi connectivity index (χ0n) is 14.1. The van der Waals surface area contributed by atoms with Gasteiger partial charge in [0.2, 0.25) is 0 Å². The average molecular weight is 296 g/mol. The molecule has 0 spiro atoms. The highest BCUT2D eigenvalue weighted by Crippen LogP contribution is 2.59. The number of carbonyl (C=O) groups excluding carboxylic acids is 2. The van der Waals surface area contributed by atoms with Gasteiger partial charge in [-0.2, -0.15) is 0 Å². The Kier molecular flexibility index (Phi) is 5.60. The van der Waals surface area contributed by atoms with E-state index in [0.29, 0.717) is 6.61 Å². The van der Waals surface area contributed by atoms with E-state index in [9.17, 15) is 9.59 Å². The van der Waals surface area contributed by atoms with Crippen molar-refractivity contribution in [3.63, 3.8) is 0 Å². The molecule has 0 unspecified atom stereocenters. The number of hydrogen-bond donors (Lipinski definition) is 0. The zero-order valence-corrected chi connectivity index (χ0v) is 14.1. The van der Waals surface area contributed by atoms with E-state index in [1.165, 1.54) is 6.08 Å². The second-order valence-electron chi connectivity index (χ2n) is 7.24. The van der Waals surface area contributed by atoms with Crippen LogP contribution in [0.3, 0.4) is 0 Å². The molecule has 0 N–H and O–H groups in total. The van der Waals surface area contributed by atoms with E-state index in [-0.39, 0.29) is 29.2 Å². The molecule has 4 heteroatoms. The van der Waals surface area contributed by atoms with Crippen LogP contribution in [0, 0.1) is 17.3 Å². The zero-order chi connectivity index (χ0) is 16.3. The summed E-state index contributed by atoms with van der Waals surface area (Å²) in [5.41, 5.74) is -0.647. The van der Waals surface area contributed by atoms with Crippen LogP contribution in [-0.4, -0.2) is 24.1 Å². The van der Waals surface area contributed by atoms with Crippen molar-refractivity contribution in [2.75, 3.05) is 6.61 Å². The summed E-state index contributed by atoms with van der Waals surface area (Å²) < 4.78 is 10.5. The number of rotatable bonds is 6. The molecule has 1 fully saturated rings. The van der Waals surface area contributed by atoms with Crippen molar-refractivity contribution in [2.24, 2.45) is 17.3 Å². The van der Waals surface area contributed by atoms with Crippen LogP contribution in [0.15, 0.2) is 12.2 Å². The molecule has 0 aromatic carbocycles. The van der Waals surface area contributed by atoms with Crippen LogP contribution in [0.2, 0.25) is 0 Å². The molecule has 1 aliphatic carbocycles. The molecule has 1 rings (SSSR count). The Hall–Kier alpha value is -1.32. The van der Waals surface area contributed by atoms with Gasteiger partial charge in [-0.15, -0.1) is 0 Å². The van der Waals surface area contributed by atoms with E-state index in [2.05, 4.69) is 0 Å². The van der Waals surface area contributed by atoms with E-state index in [4.69, 9.17) is 9.47 Å². The van der Waals surface area contributed by atoms with Gasteiger partial charge in [0.25, 0.3) is 0 Å². The fourth-order valence-electron chi connectivity index (χ4n) is 2.40. The lowest BCUT2D eigenvalue weighted by atomic mass is 10.1. The largest absolute Gasteiger partial charge is 0.463 e. The van der Waals surface area contributed by atoms with Crippen molar-refractivity contribution in [1.29, 1.82) is 0 Å². The Morgan fingerprint density at radius 1 is 1.24 bits per heavy atom. The van der Waals surface area contributed by atoms with Crippen LogP contribution < -0.4 is 0 Å². The Bertz CT molecular complexity index is 415. The monoisotopic (exact) mass is 296 g/mol. The first-order chi connectivity index (χ1) is 9.59. The lowest BCUT2D eigenvalue weighted by Gasteiger charge is -2.19. The van der Waals surface area contributed by atoms with Gasteiger partial charge in [-0.25, -0.2) is 4.79 Å². The number of unbranched alkanes of at least 4 members (excludes halogenated alkanes) is 1. The predicted molar refractivity (Wildman–Crippen MR) is 81.6 cm³/mol. The third-order valence-electron chi connectivity index (χ3n) is 3.75. The first-order valence-electron chi connectivity index (χ1n) is 7.67. The number of ether oxygens (including phenoxy) is 2. The van der Waals surface area contributed by atoms with E-state index in [1.807, 2.05) is 41.5 Å². The lowest BCUT2D eigenvalue weighted by molar-refractivity contribution is -0.157. The highest BCUT2D eigenvalue weighted by molar-refractivity contribution is 5.83. The van der Waals surface area contributed by atoms with Crippen molar-refractivity contribution in [2.45, 2.75) is 60.0 Å². The molecule has 0 bridgehead atoms. The standard InChI is InChI=1S/C17H28O4/c1-7-8-11-20-13(18)10-9-12-14(17(12,5)6)15(19)21-16(2,3)4/h9-10,12,14H,7-8,11H2,1-6H3/t12-,14-/m0/s1. The summed E-state index contributed by atoms with van der Waals surface area (Å²) in [6, 6.07) is 0. The summed E-state index contributed by atoms with van der Waals surface area (Å²) in [7, 11) is 0. The molecule has 0 radical (unpaired) electrons. The summed E-state index contributed by atoms with van der Waals surface area (Å²) in [5.74, 6) is -0.682. The topological polar surface area (TPSA) is 52.6 Å². The van der Waals surface area contributed by atoms with Gasteiger partial charge in [0.1, 0.15) is 5.60 Å². The summed E-state index contributed by atoms with van der Waals surface area (Å²) in [6.07, 6.45) is 5.08. The van der Waals surface area contributed by atoms with E-state index in [1.54, 1.807) is 6.08 Å². The fourth-order valence-corrected chi connectivity index (χ4v) is 2.40. The van der Waals surface area contributed by atoms with Gasteiger partial charge < -0.3 is 9.47 Å². The highest BCUT2D eigenvalue weighted by Gasteiger charge is 2.61. The summed E-state index contributed by atoms with van der Waals surface area (Å²) >= 11 is 0. The van der Waals surface area contributed by atoms with Crippen LogP contribution in [-0.2, 0) is 19.1 Å². The quantitative estimate of drug-likeness (QED) is 0.427. The lowest BCUT2D eigenvalue weighted by Crippen LogP contribution is -2.26. The first kappa shape index (κ1) is 17.7. The van der Waals surface area contributed by atoms with Crippen molar-refractivity contribution in [3.05, 3.63) is 12.2 Å². The summed E-state index contributed by atoms with van der Waals surface area (Å²) in [4.78, 5) is 23.7. The number of esters is 2. The van der Waals surface area contributed by atoms with Crippen LogP contribution in [0.25, 0.3) is 0 Å². The molecule has 0 aliphatic heterocycles. The molecule has 0 aromatic rings. The van der Waals surface area contributed by atoms with Crippen molar-refractivity contribution in [1.82, 2.24) is 0 Å². The molecule has 0 saturated heterocycles. The smallest absolute Gasteiger partial charge is 0.330 e.